The molecular weight excluding hydrogens is 205 g/mol. The molecule has 0 spiro atoms. The monoisotopic (exact) mass is 219 g/mol. The van der Waals surface area contributed by atoms with Crippen LogP contribution in [0.25, 0.3) is 0 Å². The molecule has 0 atom stereocenters. The van der Waals surface area contributed by atoms with Crippen molar-refractivity contribution in [1.29, 1.82) is 0 Å². The number of ether oxygens (including phenoxy) is 1. The van der Waals surface area contributed by atoms with E-state index in [1.54, 1.807) is 12.1 Å². The van der Waals surface area contributed by atoms with E-state index in [1.807, 2.05) is 12.2 Å². The van der Waals surface area contributed by atoms with Gasteiger partial charge in [-0.2, -0.15) is 0 Å². The molecule has 0 radical (unpaired) electrons. The van der Waals surface area contributed by atoms with Crippen LogP contribution in [-0.2, 0) is 11.3 Å². The van der Waals surface area contributed by atoms with Gasteiger partial charge in [0.25, 0.3) is 0 Å². The highest BCUT2D eigenvalue weighted by Gasteiger charge is 2.04. The maximum absolute atomic E-state index is 13.4. The Morgan fingerprint density at radius 2 is 2.19 bits per heavy atom. The number of rotatable bonds is 3. The Labute approximate surface area is 94.2 Å². The summed E-state index contributed by atoms with van der Waals surface area (Å²) < 4.78 is 18.9. The van der Waals surface area contributed by atoms with Crippen molar-refractivity contribution in [2.45, 2.75) is 19.4 Å². The van der Waals surface area contributed by atoms with Crippen molar-refractivity contribution in [3.63, 3.8) is 0 Å². The van der Waals surface area contributed by atoms with Crippen LogP contribution in [0.2, 0.25) is 0 Å². The summed E-state index contributed by atoms with van der Waals surface area (Å²) in [4.78, 5) is 0. The Kier molecular flexibility index (Phi) is 3.25. The van der Waals surface area contributed by atoms with Gasteiger partial charge in [-0.1, -0.05) is 12.1 Å². The van der Waals surface area contributed by atoms with Crippen LogP contribution in [0.1, 0.15) is 18.4 Å². The number of anilines is 1. The minimum absolute atomic E-state index is 0.238. The van der Waals surface area contributed by atoms with Crippen LogP contribution in [0, 0.1) is 5.82 Å². The van der Waals surface area contributed by atoms with E-state index in [4.69, 9.17) is 10.5 Å². The predicted octanol–water partition coefficient (Wildman–Crippen LogP) is 3.16. The average molecular weight is 219 g/mol. The SMILES string of the molecule is Nc1ccc(COC2=CCCC=C2)c(F)c1. The summed E-state index contributed by atoms with van der Waals surface area (Å²) in [7, 11) is 0. The Balaban J connectivity index is 1.99. The van der Waals surface area contributed by atoms with Crippen LogP contribution >= 0.6 is 0 Å². The summed E-state index contributed by atoms with van der Waals surface area (Å²) in [6, 6.07) is 4.63. The second-order valence-electron chi connectivity index (χ2n) is 3.73. The minimum atomic E-state index is -0.319. The molecule has 1 aliphatic carbocycles. The maximum atomic E-state index is 13.4. The van der Waals surface area contributed by atoms with Crippen molar-refractivity contribution in [3.8, 4) is 0 Å². The van der Waals surface area contributed by atoms with Crippen LogP contribution in [0.5, 0.6) is 0 Å². The molecule has 0 aliphatic heterocycles. The first-order chi connectivity index (χ1) is 7.75. The summed E-state index contributed by atoms with van der Waals surface area (Å²) in [5.41, 5.74) is 6.41. The van der Waals surface area contributed by atoms with Gasteiger partial charge in [-0.15, -0.1) is 0 Å². The van der Waals surface area contributed by atoms with Gasteiger partial charge in [0.1, 0.15) is 18.2 Å². The number of allylic oxidation sites excluding steroid dienone is 3. The van der Waals surface area contributed by atoms with Crippen LogP contribution in [0.15, 0.2) is 42.2 Å². The van der Waals surface area contributed by atoms with Crippen molar-refractivity contribution in [1.82, 2.24) is 0 Å². The number of hydrogen-bond donors (Lipinski definition) is 1. The van der Waals surface area contributed by atoms with Crippen LogP contribution in [0.3, 0.4) is 0 Å². The van der Waals surface area contributed by atoms with Crippen molar-refractivity contribution in [2.75, 3.05) is 5.73 Å². The van der Waals surface area contributed by atoms with E-state index in [0.29, 0.717) is 11.3 Å². The van der Waals surface area contributed by atoms with Crippen molar-refractivity contribution in [3.05, 3.63) is 53.6 Å². The van der Waals surface area contributed by atoms with Gasteiger partial charge < -0.3 is 10.5 Å². The van der Waals surface area contributed by atoms with Crippen LogP contribution in [-0.4, -0.2) is 0 Å². The number of nitrogens with two attached hydrogens (primary N) is 1. The lowest BCUT2D eigenvalue weighted by molar-refractivity contribution is 0.205. The van der Waals surface area contributed by atoms with E-state index in [2.05, 4.69) is 6.08 Å². The Bertz CT molecular complexity index is 438. The summed E-state index contributed by atoms with van der Waals surface area (Å²) in [6.45, 7) is 0.238. The normalized spacial score (nSPS) is 14.7. The predicted molar refractivity (Wildman–Crippen MR) is 62.1 cm³/mol. The van der Waals surface area contributed by atoms with Gasteiger partial charge in [0.05, 0.1) is 0 Å². The summed E-state index contributed by atoms with van der Waals surface area (Å²) in [5, 5.41) is 0. The zero-order valence-electron chi connectivity index (χ0n) is 8.95. The third-order valence-electron chi connectivity index (χ3n) is 2.43. The lowest BCUT2D eigenvalue weighted by Gasteiger charge is -2.10. The zero-order chi connectivity index (χ0) is 11.4. The molecule has 16 heavy (non-hydrogen) atoms. The second-order valence-corrected chi connectivity index (χ2v) is 3.73. The maximum Gasteiger partial charge on any atom is 0.131 e. The third kappa shape index (κ3) is 2.63. The molecule has 0 aromatic heterocycles. The molecule has 0 saturated carbocycles. The van der Waals surface area contributed by atoms with Gasteiger partial charge >= 0.3 is 0 Å². The molecule has 2 nitrogen and oxygen atoms in total. The van der Waals surface area contributed by atoms with Crippen molar-refractivity contribution in [2.24, 2.45) is 0 Å². The molecule has 1 aliphatic rings. The number of benzene rings is 1. The standard InChI is InChI=1S/C13H14FNO/c14-13-8-11(15)7-6-10(13)9-16-12-4-2-1-3-5-12/h2,4-8H,1,3,9,15H2. The first-order valence-electron chi connectivity index (χ1n) is 5.29. The third-order valence-corrected chi connectivity index (χ3v) is 2.43. The van der Waals surface area contributed by atoms with E-state index in [-0.39, 0.29) is 12.4 Å². The van der Waals surface area contributed by atoms with E-state index in [0.717, 1.165) is 18.6 Å². The summed E-state index contributed by atoms with van der Waals surface area (Å²) in [6.07, 6.45) is 8.00. The fourth-order valence-electron chi connectivity index (χ4n) is 1.54. The van der Waals surface area contributed by atoms with Crippen molar-refractivity contribution < 1.29 is 9.13 Å². The molecule has 0 heterocycles. The first-order valence-corrected chi connectivity index (χ1v) is 5.29. The molecule has 3 heteroatoms. The van der Waals surface area contributed by atoms with Crippen LogP contribution in [0.4, 0.5) is 10.1 Å². The number of nitrogen functional groups attached to an aromatic ring is 1. The number of halogens is 1. The fourth-order valence-corrected chi connectivity index (χ4v) is 1.54. The number of hydrogen-bond acceptors (Lipinski definition) is 2. The average Bonchev–Trinajstić information content (AvgIpc) is 2.29. The second kappa shape index (κ2) is 4.84. The zero-order valence-corrected chi connectivity index (χ0v) is 8.95. The van der Waals surface area contributed by atoms with Gasteiger partial charge in [0.15, 0.2) is 0 Å². The van der Waals surface area contributed by atoms with Gasteiger partial charge in [0.2, 0.25) is 0 Å². The molecule has 0 fully saturated rings. The first kappa shape index (κ1) is 10.7. The highest BCUT2D eigenvalue weighted by atomic mass is 19.1. The molecule has 0 unspecified atom stereocenters. The lowest BCUT2D eigenvalue weighted by Crippen LogP contribution is -1.98. The molecule has 2 N–H and O–H groups in total. The van der Waals surface area contributed by atoms with Crippen LogP contribution < -0.4 is 5.73 Å². The Morgan fingerprint density at radius 3 is 2.88 bits per heavy atom. The van der Waals surface area contributed by atoms with E-state index in [9.17, 15) is 4.39 Å². The van der Waals surface area contributed by atoms with Crippen molar-refractivity contribution >= 4 is 5.69 Å². The topological polar surface area (TPSA) is 35.2 Å². The smallest absolute Gasteiger partial charge is 0.131 e. The largest absolute Gasteiger partial charge is 0.489 e. The molecular formula is C13H14FNO. The van der Waals surface area contributed by atoms with E-state index >= 15 is 0 Å². The van der Waals surface area contributed by atoms with E-state index < -0.39 is 0 Å². The van der Waals surface area contributed by atoms with Gasteiger partial charge in [0, 0.05) is 11.3 Å². The molecule has 84 valence electrons. The lowest BCUT2D eigenvalue weighted by atomic mass is 10.2. The summed E-state index contributed by atoms with van der Waals surface area (Å²) >= 11 is 0. The minimum Gasteiger partial charge on any atom is -0.489 e. The molecule has 1 aromatic carbocycles. The Hall–Kier alpha value is -1.77. The summed E-state index contributed by atoms with van der Waals surface area (Å²) in [5.74, 6) is 0.489. The van der Waals surface area contributed by atoms with Gasteiger partial charge in [-0.3, -0.25) is 0 Å². The highest BCUT2D eigenvalue weighted by molar-refractivity contribution is 5.40. The fraction of sp³-hybridized carbons (Fsp3) is 0.231. The molecule has 0 bridgehead atoms. The molecule has 1 aromatic rings. The molecule has 0 saturated heterocycles. The van der Waals surface area contributed by atoms with Gasteiger partial charge in [-0.25, -0.2) is 4.39 Å². The van der Waals surface area contributed by atoms with E-state index in [1.165, 1.54) is 6.07 Å². The molecule has 2 rings (SSSR count). The Morgan fingerprint density at radius 1 is 1.31 bits per heavy atom. The highest BCUT2D eigenvalue weighted by Crippen LogP contribution is 2.16. The molecule has 0 amide bonds. The quantitative estimate of drug-likeness (QED) is 0.792. The van der Waals surface area contributed by atoms with Gasteiger partial charge in [-0.05, 0) is 37.1 Å².